The summed E-state index contributed by atoms with van der Waals surface area (Å²) in [5.74, 6) is 0. The Morgan fingerprint density at radius 3 is 2.53 bits per heavy atom. The summed E-state index contributed by atoms with van der Waals surface area (Å²) >= 11 is 12.1. The summed E-state index contributed by atoms with van der Waals surface area (Å²) in [4.78, 5) is 2.42. The molecule has 0 aromatic heterocycles. The first kappa shape index (κ1) is 13.2. The van der Waals surface area contributed by atoms with Crippen molar-refractivity contribution in [1.29, 1.82) is 0 Å². The third kappa shape index (κ3) is 2.94. The molecule has 2 nitrogen and oxygen atoms in total. The van der Waals surface area contributed by atoms with Crippen molar-refractivity contribution >= 4 is 23.2 Å². The lowest BCUT2D eigenvalue weighted by atomic mass is 10.0. The number of nitrogens with zero attached hydrogens (tertiary/aromatic N) is 1. The highest BCUT2D eigenvalue weighted by Crippen LogP contribution is 2.34. The Kier molecular flexibility index (Phi) is 4.31. The van der Waals surface area contributed by atoms with Gasteiger partial charge in [-0.2, -0.15) is 0 Å². The number of halogens is 2. The molecule has 17 heavy (non-hydrogen) atoms. The molecule has 2 unspecified atom stereocenters. The summed E-state index contributed by atoms with van der Waals surface area (Å²) in [7, 11) is 0. The van der Waals surface area contributed by atoms with Crippen LogP contribution in [0, 0.1) is 0 Å². The van der Waals surface area contributed by atoms with Crippen molar-refractivity contribution in [2.24, 2.45) is 5.73 Å². The van der Waals surface area contributed by atoms with Gasteiger partial charge in [0.25, 0.3) is 0 Å². The summed E-state index contributed by atoms with van der Waals surface area (Å²) in [5, 5.41) is 1.37. The molecule has 0 radical (unpaired) electrons. The highest BCUT2D eigenvalue weighted by Gasteiger charge is 2.32. The molecule has 2 atom stereocenters. The van der Waals surface area contributed by atoms with Crippen molar-refractivity contribution in [1.82, 2.24) is 4.90 Å². The van der Waals surface area contributed by atoms with Crippen molar-refractivity contribution in [2.75, 3.05) is 13.1 Å². The molecule has 1 heterocycles. The van der Waals surface area contributed by atoms with Gasteiger partial charge in [-0.05, 0) is 43.1 Å². The minimum absolute atomic E-state index is 0.177. The summed E-state index contributed by atoms with van der Waals surface area (Å²) in [6.45, 7) is 4.32. The van der Waals surface area contributed by atoms with Gasteiger partial charge in [0, 0.05) is 22.6 Å². The summed E-state index contributed by atoms with van der Waals surface area (Å²) in [5.41, 5.74) is 7.34. The SMILES string of the molecule is CCCN1CCC(N)C1c1cc(Cl)cc(Cl)c1. The Morgan fingerprint density at radius 2 is 1.94 bits per heavy atom. The van der Waals surface area contributed by atoms with E-state index in [1.807, 2.05) is 12.1 Å². The highest BCUT2D eigenvalue weighted by atomic mass is 35.5. The molecule has 4 heteroatoms. The maximum atomic E-state index is 6.20. The van der Waals surface area contributed by atoms with Gasteiger partial charge in [0.15, 0.2) is 0 Å². The Balaban J connectivity index is 2.29. The van der Waals surface area contributed by atoms with Gasteiger partial charge in [-0.3, -0.25) is 4.90 Å². The van der Waals surface area contributed by atoms with Crippen LogP contribution >= 0.6 is 23.2 Å². The number of nitrogens with two attached hydrogens (primary N) is 1. The van der Waals surface area contributed by atoms with Gasteiger partial charge in [0.2, 0.25) is 0 Å². The molecule has 1 saturated heterocycles. The largest absolute Gasteiger partial charge is 0.326 e. The molecule has 2 rings (SSSR count). The first-order valence-corrected chi connectivity index (χ1v) is 6.83. The van der Waals surface area contributed by atoms with Crippen LogP contribution in [0.25, 0.3) is 0 Å². The number of likely N-dealkylation sites (tertiary alicyclic amines) is 1. The molecule has 94 valence electrons. The number of hydrogen-bond donors (Lipinski definition) is 1. The van der Waals surface area contributed by atoms with Crippen molar-refractivity contribution in [2.45, 2.75) is 31.8 Å². The van der Waals surface area contributed by atoms with Crippen molar-refractivity contribution < 1.29 is 0 Å². The van der Waals surface area contributed by atoms with Crippen LogP contribution in [0.3, 0.4) is 0 Å². The molecular formula is C13H18Cl2N2. The van der Waals surface area contributed by atoms with E-state index in [0.29, 0.717) is 10.0 Å². The zero-order valence-electron chi connectivity index (χ0n) is 10.00. The minimum atomic E-state index is 0.177. The lowest BCUT2D eigenvalue weighted by Gasteiger charge is -2.27. The summed E-state index contributed by atoms with van der Waals surface area (Å²) in [6.07, 6.45) is 2.17. The lowest BCUT2D eigenvalue weighted by molar-refractivity contribution is 0.248. The first-order chi connectivity index (χ1) is 8.11. The van der Waals surface area contributed by atoms with E-state index in [2.05, 4.69) is 11.8 Å². The standard InChI is InChI=1S/C13H18Cl2N2/c1-2-4-17-5-3-12(16)13(17)9-6-10(14)8-11(15)7-9/h6-8,12-13H,2-5,16H2,1H3. The molecule has 1 fully saturated rings. The number of rotatable bonds is 3. The molecule has 1 aliphatic rings. The first-order valence-electron chi connectivity index (χ1n) is 6.07. The van der Waals surface area contributed by atoms with Gasteiger partial charge in [0.1, 0.15) is 0 Å². The minimum Gasteiger partial charge on any atom is -0.326 e. The van der Waals surface area contributed by atoms with Gasteiger partial charge in [0.05, 0.1) is 6.04 Å². The Labute approximate surface area is 113 Å². The Morgan fingerprint density at radius 1 is 1.29 bits per heavy atom. The van der Waals surface area contributed by atoms with Crippen LogP contribution in [-0.4, -0.2) is 24.0 Å². The predicted octanol–water partition coefficient (Wildman–Crippen LogP) is 3.48. The van der Waals surface area contributed by atoms with Crippen molar-refractivity contribution in [3.63, 3.8) is 0 Å². The quantitative estimate of drug-likeness (QED) is 0.913. The van der Waals surface area contributed by atoms with Crippen LogP contribution in [0.15, 0.2) is 18.2 Å². The molecule has 1 aromatic rings. The number of benzene rings is 1. The fraction of sp³-hybridized carbons (Fsp3) is 0.538. The topological polar surface area (TPSA) is 29.3 Å². The van der Waals surface area contributed by atoms with Gasteiger partial charge in [-0.15, -0.1) is 0 Å². The normalized spacial score (nSPS) is 25.4. The second-order valence-electron chi connectivity index (χ2n) is 4.64. The Hall–Kier alpha value is -0.280. The van der Waals surface area contributed by atoms with E-state index in [1.54, 1.807) is 6.07 Å². The fourth-order valence-corrected chi connectivity index (χ4v) is 3.17. The van der Waals surface area contributed by atoms with E-state index in [-0.39, 0.29) is 12.1 Å². The molecule has 1 aromatic carbocycles. The third-order valence-electron chi connectivity index (χ3n) is 3.29. The second kappa shape index (κ2) is 5.57. The van der Waals surface area contributed by atoms with E-state index < -0.39 is 0 Å². The molecule has 0 bridgehead atoms. The van der Waals surface area contributed by atoms with Gasteiger partial charge in [-0.25, -0.2) is 0 Å². The van der Waals surface area contributed by atoms with Crippen LogP contribution in [-0.2, 0) is 0 Å². The van der Waals surface area contributed by atoms with E-state index in [0.717, 1.165) is 31.5 Å². The average Bonchev–Trinajstić information content (AvgIpc) is 2.59. The van der Waals surface area contributed by atoms with E-state index in [9.17, 15) is 0 Å². The maximum Gasteiger partial charge on any atom is 0.0500 e. The third-order valence-corrected chi connectivity index (χ3v) is 3.72. The van der Waals surface area contributed by atoms with Gasteiger partial charge in [-0.1, -0.05) is 30.1 Å². The van der Waals surface area contributed by atoms with E-state index in [4.69, 9.17) is 28.9 Å². The maximum absolute atomic E-state index is 6.20. The smallest absolute Gasteiger partial charge is 0.0500 e. The van der Waals surface area contributed by atoms with Gasteiger partial charge < -0.3 is 5.73 Å². The summed E-state index contributed by atoms with van der Waals surface area (Å²) in [6, 6.07) is 6.15. The Bertz CT molecular complexity index is 373. The van der Waals surface area contributed by atoms with Crippen LogP contribution < -0.4 is 5.73 Å². The zero-order chi connectivity index (χ0) is 12.4. The molecular weight excluding hydrogens is 255 g/mol. The molecule has 2 N–H and O–H groups in total. The highest BCUT2D eigenvalue weighted by molar-refractivity contribution is 6.34. The average molecular weight is 273 g/mol. The predicted molar refractivity (Wildman–Crippen MR) is 73.7 cm³/mol. The van der Waals surface area contributed by atoms with Crippen LogP contribution in [0.1, 0.15) is 31.4 Å². The molecule has 0 saturated carbocycles. The lowest BCUT2D eigenvalue weighted by Crippen LogP contribution is -2.32. The zero-order valence-corrected chi connectivity index (χ0v) is 11.5. The van der Waals surface area contributed by atoms with Crippen LogP contribution in [0.5, 0.6) is 0 Å². The van der Waals surface area contributed by atoms with Crippen molar-refractivity contribution in [3.05, 3.63) is 33.8 Å². The monoisotopic (exact) mass is 272 g/mol. The summed E-state index contributed by atoms with van der Waals surface area (Å²) < 4.78 is 0. The fourth-order valence-electron chi connectivity index (χ4n) is 2.62. The molecule has 0 amide bonds. The van der Waals surface area contributed by atoms with E-state index >= 15 is 0 Å². The van der Waals surface area contributed by atoms with Crippen molar-refractivity contribution in [3.8, 4) is 0 Å². The molecule has 1 aliphatic heterocycles. The van der Waals surface area contributed by atoms with E-state index in [1.165, 1.54) is 0 Å². The number of hydrogen-bond acceptors (Lipinski definition) is 2. The van der Waals surface area contributed by atoms with Crippen LogP contribution in [0.4, 0.5) is 0 Å². The molecule has 0 spiro atoms. The van der Waals surface area contributed by atoms with Crippen LogP contribution in [0.2, 0.25) is 10.0 Å². The van der Waals surface area contributed by atoms with Gasteiger partial charge >= 0.3 is 0 Å². The second-order valence-corrected chi connectivity index (χ2v) is 5.51. The molecule has 0 aliphatic carbocycles.